The lowest BCUT2D eigenvalue weighted by atomic mass is 10.0. The summed E-state index contributed by atoms with van der Waals surface area (Å²) in [4.78, 5) is 28.0. The molecule has 2 heterocycles. The SMILES string of the molecule is NC(=O)c1ccc(C(=O)NC(c2ccccc2)c2cc3ccccc3o2)nc1. The van der Waals surface area contributed by atoms with Gasteiger partial charge in [0, 0.05) is 11.6 Å². The third-order valence-electron chi connectivity index (χ3n) is 4.42. The lowest BCUT2D eigenvalue weighted by Crippen LogP contribution is -2.29. The third kappa shape index (κ3) is 3.48. The zero-order chi connectivity index (χ0) is 19.5. The fourth-order valence-corrected chi connectivity index (χ4v) is 2.99. The van der Waals surface area contributed by atoms with Crippen molar-refractivity contribution in [2.24, 2.45) is 5.73 Å². The maximum Gasteiger partial charge on any atom is 0.270 e. The van der Waals surface area contributed by atoms with E-state index < -0.39 is 11.9 Å². The fourth-order valence-electron chi connectivity index (χ4n) is 2.99. The van der Waals surface area contributed by atoms with Gasteiger partial charge in [-0.25, -0.2) is 0 Å². The Kier molecular flexibility index (Phi) is 4.60. The zero-order valence-electron chi connectivity index (χ0n) is 14.8. The number of hydrogen-bond acceptors (Lipinski definition) is 4. The number of furan rings is 1. The molecule has 6 heteroatoms. The van der Waals surface area contributed by atoms with Crippen LogP contribution in [0.2, 0.25) is 0 Å². The van der Waals surface area contributed by atoms with Crippen LogP contribution in [0.5, 0.6) is 0 Å². The van der Waals surface area contributed by atoms with Gasteiger partial charge in [0.2, 0.25) is 5.91 Å². The first kappa shape index (κ1) is 17.5. The molecule has 0 aliphatic carbocycles. The summed E-state index contributed by atoms with van der Waals surface area (Å²) < 4.78 is 5.98. The molecule has 3 N–H and O–H groups in total. The molecule has 0 fully saturated rings. The molecular weight excluding hydrogens is 354 g/mol. The molecule has 28 heavy (non-hydrogen) atoms. The second-order valence-electron chi connectivity index (χ2n) is 6.30. The summed E-state index contributed by atoms with van der Waals surface area (Å²) >= 11 is 0. The van der Waals surface area contributed by atoms with E-state index in [1.165, 1.54) is 18.3 Å². The number of aromatic nitrogens is 1. The summed E-state index contributed by atoms with van der Waals surface area (Å²) in [5.74, 6) is -0.358. The monoisotopic (exact) mass is 371 g/mol. The Balaban J connectivity index is 1.67. The molecule has 2 aromatic heterocycles. The van der Waals surface area contributed by atoms with Crippen molar-refractivity contribution < 1.29 is 14.0 Å². The van der Waals surface area contributed by atoms with E-state index in [0.29, 0.717) is 5.76 Å². The molecule has 1 unspecified atom stereocenters. The molecule has 0 aliphatic rings. The van der Waals surface area contributed by atoms with E-state index >= 15 is 0 Å². The first-order valence-electron chi connectivity index (χ1n) is 8.72. The number of benzene rings is 2. The highest BCUT2D eigenvalue weighted by molar-refractivity contribution is 5.95. The Hall–Kier alpha value is -3.93. The molecule has 138 valence electrons. The van der Waals surface area contributed by atoms with Crippen LogP contribution in [0.4, 0.5) is 0 Å². The highest BCUT2D eigenvalue weighted by Crippen LogP contribution is 2.28. The molecule has 0 saturated carbocycles. The summed E-state index contributed by atoms with van der Waals surface area (Å²) in [7, 11) is 0. The summed E-state index contributed by atoms with van der Waals surface area (Å²) in [5, 5.41) is 3.92. The van der Waals surface area contributed by atoms with E-state index in [1.54, 1.807) is 0 Å². The molecule has 1 atom stereocenters. The van der Waals surface area contributed by atoms with Crippen molar-refractivity contribution in [1.82, 2.24) is 10.3 Å². The summed E-state index contributed by atoms with van der Waals surface area (Å²) in [6.07, 6.45) is 1.29. The number of amides is 2. The number of carbonyl (C=O) groups excluding carboxylic acids is 2. The van der Waals surface area contributed by atoms with Gasteiger partial charge in [0.05, 0.1) is 5.56 Å². The van der Waals surface area contributed by atoms with Gasteiger partial charge >= 0.3 is 0 Å². The highest BCUT2D eigenvalue weighted by Gasteiger charge is 2.22. The Labute approximate surface area is 161 Å². The average molecular weight is 371 g/mol. The number of primary amides is 1. The van der Waals surface area contributed by atoms with Crippen molar-refractivity contribution in [1.29, 1.82) is 0 Å². The van der Waals surface area contributed by atoms with Crippen LogP contribution in [0.15, 0.2) is 83.4 Å². The van der Waals surface area contributed by atoms with Crippen LogP contribution < -0.4 is 11.1 Å². The Morgan fingerprint density at radius 3 is 2.39 bits per heavy atom. The molecule has 0 spiro atoms. The number of fused-ring (bicyclic) bond motifs is 1. The molecule has 2 amide bonds. The third-order valence-corrected chi connectivity index (χ3v) is 4.42. The van der Waals surface area contributed by atoms with Crippen LogP contribution in [0.25, 0.3) is 11.0 Å². The number of pyridine rings is 1. The van der Waals surface area contributed by atoms with E-state index in [9.17, 15) is 9.59 Å². The predicted molar refractivity (Wildman–Crippen MR) is 105 cm³/mol. The van der Waals surface area contributed by atoms with Gasteiger partial charge in [0.1, 0.15) is 23.1 Å². The smallest absolute Gasteiger partial charge is 0.270 e. The zero-order valence-corrected chi connectivity index (χ0v) is 14.8. The molecule has 0 saturated heterocycles. The quantitative estimate of drug-likeness (QED) is 0.561. The largest absolute Gasteiger partial charge is 0.459 e. The van der Waals surface area contributed by atoms with E-state index in [4.69, 9.17) is 10.2 Å². The van der Waals surface area contributed by atoms with Crippen molar-refractivity contribution in [3.05, 3.63) is 102 Å². The standard InChI is InChI=1S/C22H17N3O3/c23-21(26)16-10-11-17(24-13-16)22(27)25-20(14-6-2-1-3-7-14)19-12-15-8-4-5-9-18(15)28-19/h1-13,20H,(H2,23,26)(H,25,27). The highest BCUT2D eigenvalue weighted by atomic mass is 16.3. The van der Waals surface area contributed by atoms with Crippen molar-refractivity contribution >= 4 is 22.8 Å². The first-order valence-corrected chi connectivity index (χ1v) is 8.72. The van der Waals surface area contributed by atoms with Crippen molar-refractivity contribution in [2.75, 3.05) is 0 Å². The van der Waals surface area contributed by atoms with Gasteiger partial charge < -0.3 is 15.5 Å². The lowest BCUT2D eigenvalue weighted by molar-refractivity contribution is 0.0931. The van der Waals surface area contributed by atoms with Gasteiger partial charge in [0.15, 0.2) is 0 Å². The number of carbonyl (C=O) groups is 2. The summed E-state index contributed by atoms with van der Waals surface area (Å²) in [6, 6.07) is 21.6. The molecule has 4 rings (SSSR count). The van der Waals surface area contributed by atoms with Gasteiger partial charge in [-0.2, -0.15) is 0 Å². The molecule has 2 aromatic carbocycles. The van der Waals surface area contributed by atoms with Crippen LogP contribution in [-0.4, -0.2) is 16.8 Å². The number of rotatable bonds is 5. The number of nitrogens with zero attached hydrogens (tertiary/aromatic N) is 1. The minimum absolute atomic E-state index is 0.182. The van der Waals surface area contributed by atoms with Gasteiger partial charge in [-0.3, -0.25) is 14.6 Å². The lowest BCUT2D eigenvalue weighted by Gasteiger charge is -2.17. The molecule has 0 radical (unpaired) electrons. The van der Waals surface area contributed by atoms with Crippen LogP contribution in [-0.2, 0) is 0 Å². The van der Waals surface area contributed by atoms with E-state index in [-0.39, 0.29) is 17.2 Å². The van der Waals surface area contributed by atoms with Crippen LogP contribution in [0.1, 0.15) is 38.2 Å². The summed E-state index contributed by atoms with van der Waals surface area (Å²) in [5.41, 5.74) is 7.27. The number of nitrogens with one attached hydrogen (secondary N) is 1. The minimum atomic E-state index is -0.594. The van der Waals surface area contributed by atoms with Gasteiger partial charge in [-0.15, -0.1) is 0 Å². The average Bonchev–Trinajstić information content (AvgIpc) is 3.16. The Morgan fingerprint density at radius 2 is 1.71 bits per heavy atom. The minimum Gasteiger partial charge on any atom is -0.459 e. The van der Waals surface area contributed by atoms with Crippen LogP contribution in [0.3, 0.4) is 0 Å². The van der Waals surface area contributed by atoms with Crippen LogP contribution >= 0.6 is 0 Å². The summed E-state index contributed by atoms with van der Waals surface area (Å²) in [6.45, 7) is 0. The molecule has 0 bridgehead atoms. The normalized spacial score (nSPS) is 11.9. The molecule has 6 nitrogen and oxygen atoms in total. The van der Waals surface area contributed by atoms with Crippen molar-refractivity contribution in [3.63, 3.8) is 0 Å². The maximum atomic E-state index is 12.8. The number of nitrogens with two attached hydrogens (primary N) is 1. The number of para-hydroxylation sites is 1. The second-order valence-corrected chi connectivity index (χ2v) is 6.30. The number of hydrogen-bond donors (Lipinski definition) is 2. The first-order chi connectivity index (χ1) is 13.6. The second kappa shape index (κ2) is 7.36. The van der Waals surface area contributed by atoms with E-state index in [2.05, 4.69) is 10.3 Å². The molecule has 4 aromatic rings. The Bertz CT molecular complexity index is 1100. The van der Waals surface area contributed by atoms with Crippen molar-refractivity contribution in [2.45, 2.75) is 6.04 Å². The van der Waals surface area contributed by atoms with Crippen molar-refractivity contribution in [3.8, 4) is 0 Å². The van der Waals surface area contributed by atoms with E-state index in [0.717, 1.165) is 16.5 Å². The van der Waals surface area contributed by atoms with Gasteiger partial charge in [0.25, 0.3) is 5.91 Å². The Morgan fingerprint density at radius 1 is 0.964 bits per heavy atom. The van der Waals surface area contributed by atoms with Gasteiger partial charge in [-0.1, -0.05) is 48.5 Å². The maximum absolute atomic E-state index is 12.8. The van der Waals surface area contributed by atoms with E-state index in [1.807, 2.05) is 60.7 Å². The molecular formula is C22H17N3O3. The van der Waals surface area contributed by atoms with Crippen LogP contribution in [0, 0.1) is 0 Å². The molecule has 0 aliphatic heterocycles. The topological polar surface area (TPSA) is 98.2 Å². The fraction of sp³-hybridized carbons (Fsp3) is 0.0455. The van der Waals surface area contributed by atoms with Gasteiger partial charge in [-0.05, 0) is 29.8 Å². The predicted octanol–water partition coefficient (Wildman–Crippen LogP) is 3.45.